The minimum atomic E-state index is -0.481. The van der Waals surface area contributed by atoms with E-state index in [9.17, 15) is 4.79 Å². The van der Waals surface area contributed by atoms with Gasteiger partial charge in [0.15, 0.2) is 0 Å². The molecule has 2 rings (SSSR count). The molecule has 2 aromatic carbocycles. The van der Waals surface area contributed by atoms with E-state index in [-0.39, 0.29) is 0 Å². The van der Waals surface area contributed by atoms with E-state index in [0.29, 0.717) is 17.8 Å². The quantitative estimate of drug-likeness (QED) is 0.823. The summed E-state index contributed by atoms with van der Waals surface area (Å²) in [7, 11) is 3.59. The predicted octanol–water partition coefficient (Wildman–Crippen LogP) is 2.01. The van der Waals surface area contributed by atoms with Gasteiger partial charge in [-0.2, -0.15) is 0 Å². The molecule has 0 saturated carbocycles. The summed E-state index contributed by atoms with van der Waals surface area (Å²) in [6.45, 7) is 0.699. The van der Waals surface area contributed by atoms with Gasteiger partial charge in [-0.1, -0.05) is 12.1 Å². The number of nitrogen functional groups attached to an aromatic ring is 1. The van der Waals surface area contributed by atoms with E-state index < -0.39 is 5.91 Å². The third-order valence-electron chi connectivity index (χ3n) is 3.30. The van der Waals surface area contributed by atoms with E-state index in [1.165, 1.54) is 0 Å². The first kappa shape index (κ1) is 14.7. The topological polar surface area (TPSA) is 81.6 Å². The molecular formula is C16H19N3O2. The van der Waals surface area contributed by atoms with Crippen molar-refractivity contribution in [2.75, 3.05) is 24.8 Å². The van der Waals surface area contributed by atoms with Gasteiger partial charge in [0.25, 0.3) is 0 Å². The van der Waals surface area contributed by atoms with Crippen molar-refractivity contribution < 1.29 is 9.53 Å². The molecule has 0 atom stereocenters. The SMILES string of the molecule is COc1ccc(CN(C)c2ccc(C(N)=O)cc2N)cc1. The molecule has 0 aliphatic rings. The summed E-state index contributed by atoms with van der Waals surface area (Å²) in [5.74, 6) is 0.345. The van der Waals surface area contributed by atoms with Gasteiger partial charge in [-0.3, -0.25) is 4.79 Å². The summed E-state index contributed by atoms with van der Waals surface area (Å²) in [6, 6.07) is 12.9. The molecule has 4 N–H and O–H groups in total. The molecule has 0 fully saturated rings. The molecule has 1 amide bonds. The fraction of sp³-hybridized carbons (Fsp3) is 0.188. The number of methoxy groups -OCH3 is 1. The molecule has 0 aromatic heterocycles. The Morgan fingerprint density at radius 1 is 1.19 bits per heavy atom. The number of carbonyl (C=O) groups excluding carboxylic acids is 1. The third-order valence-corrected chi connectivity index (χ3v) is 3.30. The van der Waals surface area contributed by atoms with Crippen molar-refractivity contribution in [1.82, 2.24) is 0 Å². The van der Waals surface area contributed by atoms with Gasteiger partial charge in [-0.25, -0.2) is 0 Å². The molecule has 0 saturated heterocycles. The molecule has 0 unspecified atom stereocenters. The van der Waals surface area contributed by atoms with Crippen molar-refractivity contribution >= 4 is 17.3 Å². The Balaban J connectivity index is 2.15. The molecule has 0 spiro atoms. The predicted molar refractivity (Wildman–Crippen MR) is 84.5 cm³/mol. The van der Waals surface area contributed by atoms with Crippen LogP contribution in [0, 0.1) is 0 Å². The highest BCUT2D eigenvalue weighted by Crippen LogP contribution is 2.25. The van der Waals surface area contributed by atoms with Crippen molar-refractivity contribution in [2.45, 2.75) is 6.54 Å². The summed E-state index contributed by atoms with van der Waals surface area (Å²) >= 11 is 0. The molecule has 0 heterocycles. The minimum absolute atomic E-state index is 0.411. The number of anilines is 2. The zero-order valence-electron chi connectivity index (χ0n) is 12.2. The lowest BCUT2D eigenvalue weighted by molar-refractivity contribution is 0.100. The maximum atomic E-state index is 11.1. The van der Waals surface area contributed by atoms with Gasteiger partial charge >= 0.3 is 0 Å². The summed E-state index contributed by atoms with van der Waals surface area (Å²) in [5.41, 5.74) is 14.2. The van der Waals surface area contributed by atoms with Crippen molar-refractivity contribution in [2.24, 2.45) is 5.73 Å². The lowest BCUT2D eigenvalue weighted by Crippen LogP contribution is -2.19. The summed E-state index contributed by atoms with van der Waals surface area (Å²) < 4.78 is 5.14. The number of nitrogens with two attached hydrogens (primary N) is 2. The Labute approximate surface area is 124 Å². The number of carbonyl (C=O) groups is 1. The van der Waals surface area contributed by atoms with Crippen molar-refractivity contribution in [3.8, 4) is 5.75 Å². The van der Waals surface area contributed by atoms with Crippen LogP contribution in [0.2, 0.25) is 0 Å². The monoisotopic (exact) mass is 285 g/mol. The van der Waals surface area contributed by atoms with Crippen molar-refractivity contribution in [1.29, 1.82) is 0 Å². The van der Waals surface area contributed by atoms with Crippen LogP contribution >= 0.6 is 0 Å². The smallest absolute Gasteiger partial charge is 0.248 e. The minimum Gasteiger partial charge on any atom is -0.497 e. The molecule has 0 aliphatic heterocycles. The van der Waals surface area contributed by atoms with Crippen LogP contribution < -0.4 is 21.1 Å². The van der Waals surface area contributed by atoms with E-state index in [1.807, 2.05) is 36.2 Å². The highest BCUT2D eigenvalue weighted by atomic mass is 16.5. The van der Waals surface area contributed by atoms with Gasteiger partial charge in [0.2, 0.25) is 5.91 Å². The molecule has 0 bridgehead atoms. The van der Waals surface area contributed by atoms with Crippen LogP contribution in [-0.4, -0.2) is 20.1 Å². The van der Waals surface area contributed by atoms with Crippen molar-refractivity contribution in [3.05, 3.63) is 53.6 Å². The average Bonchev–Trinajstić information content (AvgIpc) is 2.47. The number of hydrogen-bond donors (Lipinski definition) is 2. The van der Waals surface area contributed by atoms with Crippen LogP contribution in [0.5, 0.6) is 5.75 Å². The van der Waals surface area contributed by atoms with Crippen LogP contribution in [0.15, 0.2) is 42.5 Å². The lowest BCUT2D eigenvalue weighted by Gasteiger charge is -2.21. The number of benzene rings is 2. The average molecular weight is 285 g/mol. The second-order valence-electron chi connectivity index (χ2n) is 4.84. The largest absolute Gasteiger partial charge is 0.497 e. The molecule has 0 radical (unpaired) electrons. The molecule has 21 heavy (non-hydrogen) atoms. The summed E-state index contributed by atoms with van der Waals surface area (Å²) in [4.78, 5) is 13.1. The first-order chi connectivity index (χ1) is 10.0. The van der Waals surface area contributed by atoms with Crippen LogP contribution in [0.3, 0.4) is 0 Å². The highest BCUT2D eigenvalue weighted by Gasteiger charge is 2.09. The second kappa shape index (κ2) is 6.17. The van der Waals surface area contributed by atoms with E-state index in [2.05, 4.69) is 0 Å². The third kappa shape index (κ3) is 3.45. The summed E-state index contributed by atoms with van der Waals surface area (Å²) in [5, 5.41) is 0. The van der Waals surface area contributed by atoms with Gasteiger partial charge in [0, 0.05) is 19.2 Å². The first-order valence-electron chi connectivity index (χ1n) is 6.54. The zero-order chi connectivity index (χ0) is 15.4. The first-order valence-corrected chi connectivity index (χ1v) is 6.54. The van der Waals surface area contributed by atoms with E-state index in [1.54, 1.807) is 25.3 Å². The van der Waals surface area contributed by atoms with E-state index in [4.69, 9.17) is 16.2 Å². The number of ether oxygens (including phenoxy) is 1. The Hall–Kier alpha value is -2.69. The molecule has 110 valence electrons. The molecular weight excluding hydrogens is 266 g/mol. The molecule has 2 aromatic rings. The van der Waals surface area contributed by atoms with Gasteiger partial charge in [0.1, 0.15) is 5.75 Å². The number of primary amides is 1. The van der Waals surface area contributed by atoms with Gasteiger partial charge in [-0.15, -0.1) is 0 Å². The lowest BCUT2D eigenvalue weighted by atomic mass is 10.1. The Kier molecular flexibility index (Phi) is 4.33. The molecule has 0 aliphatic carbocycles. The number of amides is 1. The fourth-order valence-corrected chi connectivity index (χ4v) is 2.15. The Morgan fingerprint density at radius 3 is 2.38 bits per heavy atom. The Bertz CT molecular complexity index is 638. The van der Waals surface area contributed by atoms with Gasteiger partial charge in [0.05, 0.1) is 18.5 Å². The fourth-order valence-electron chi connectivity index (χ4n) is 2.15. The maximum absolute atomic E-state index is 11.1. The normalized spacial score (nSPS) is 10.2. The highest BCUT2D eigenvalue weighted by molar-refractivity contribution is 5.94. The number of rotatable bonds is 5. The van der Waals surface area contributed by atoms with Crippen LogP contribution in [0.25, 0.3) is 0 Å². The zero-order valence-corrected chi connectivity index (χ0v) is 12.2. The van der Waals surface area contributed by atoms with Crippen molar-refractivity contribution in [3.63, 3.8) is 0 Å². The second-order valence-corrected chi connectivity index (χ2v) is 4.84. The van der Waals surface area contributed by atoms with Crippen LogP contribution in [-0.2, 0) is 6.54 Å². The Morgan fingerprint density at radius 2 is 1.86 bits per heavy atom. The van der Waals surface area contributed by atoms with Gasteiger partial charge < -0.3 is 21.1 Å². The van der Waals surface area contributed by atoms with Crippen LogP contribution in [0.1, 0.15) is 15.9 Å². The van der Waals surface area contributed by atoms with Gasteiger partial charge in [-0.05, 0) is 35.9 Å². The molecule has 5 heteroatoms. The number of nitrogens with zero attached hydrogens (tertiary/aromatic N) is 1. The number of hydrogen-bond acceptors (Lipinski definition) is 4. The van der Waals surface area contributed by atoms with E-state index >= 15 is 0 Å². The summed E-state index contributed by atoms with van der Waals surface area (Å²) in [6.07, 6.45) is 0. The molecule has 5 nitrogen and oxygen atoms in total. The van der Waals surface area contributed by atoms with Crippen LogP contribution in [0.4, 0.5) is 11.4 Å². The maximum Gasteiger partial charge on any atom is 0.248 e. The standard InChI is InChI=1S/C16H19N3O2/c1-19(10-11-3-6-13(21-2)7-4-11)15-8-5-12(16(18)20)9-14(15)17/h3-9H,10,17H2,1-2H3,(H2,18,20). The van der Waals surface area contributed by atoms with E-state index in [0.717, 1.165) is 17.0 Å².